The van der Waals surface area contributed by atoms with E-state index < -0.39 is 0 Å². The Balaban J connectivity index is 2.15. The first-order valence-corrected chi connectivity index (χ1v) is 5.96. The van der Waals surface area contributed by atoms with Crippen LogP contribution < -0.4 is 10.9 Å². The highest BCUT2D eigenvalue weighted by molar-refractivity contribution is 5.94. The monoisotopic (exact) mass is 234 g/mol. The maximum absolute atomic E-state index is 11.9. The van der Waals surface area contributed by atoms with Crippen molar-refractivity contribution in [2.45, 2.75) is 33.7 Å². The number of amides is 1. The molecule has 0 saturated heterocycles. The lowest BCUT2D eigenvalue weighted by atomic mass is 10.1. The molecule has 2 rings (SSSR count). The molecule has 1 aliphatic rings. The Hall–Kier alpha value is -1.58. The van der Waals surface area contributed by atoms with Crippen LogP contribution in [0.5, 0.6) is 0 Å². The summed E-state index contributed by atoms with van der Waals surface area (Å²) in [4.78, 5) is 23.8. The molecule has 1 heterocycles. The number of rotatable bonds is 3. The molecule has 1 aliphatic carbocycles. The lowest BCUT2D eigenvalue weighted by Crippen LogP contribution is -2.26. The topological polar surface area (TPSA) is 51.1 Å². The van der Waals surface area contributed by atoms with Crippen molar-refractivity contribution in [3.8, 4) is 0 Å². The first-order valence-electron chi connectivity index (χ1n) is 5.96. The van der Waals surface area contributed by atoms with E-state index >= 15 is 0 Å². The minimum atomic E-state index is -0.137. The van der Waals surface area contributed by atoms with Gasteiger partial charge < -0.3 is 9.88 Å². The molecule has 1 fully saturated rings. The summed E-state index contributed by atoms with van der Waals surface area (Å²) in [5, 5.41) is 2.73. The van der Waals surface area contributed by atoms with Gasteiger partial charge in [-0.15, -0.1) is 0 Å². The fourth-order valence-corrected chi connectivity index (χ4v) is 2.02. The van der Waals surface area contributed by atoms with E-state index in [1.54, 1.807) is 22.9 Å². The number of nitrogens with one attached hydrogen (secondary N) is 1. The molecule has 4 nitrogen and oxygen atoms in total. The second-order valence-electron chi connectivity index (χ2n) is 5.25. The van der Waals surface area contributed by atoms with E-state index in [2.05, 4.69) is 19.2 Å². The molecule has 0 radical (unpaired) electrons. The molecule has 1 aromatic rings. The van der Waals surface area contributed by atoms with Crippen LogP contribution in [0.3, 0.4) is 0 Å². The highest BCUT2D eigenvalue weighted by atomic mass is 16.2. The number of carbonyl (C=O) groups excluding carboxylic acids is 1. The van der Waals surface area contributed by atoms with E-state index in [0.29, 0.717) is 12.2 Å². The van der Waals surface area contributed by atoms with Crippen molar-refractivity contribution in [2.24, 2.45) is 11.3 Å². The van der Waals surface area contributed by atoms with Crippen LogP contribution in [-0.4, -0.2) is 10.5 Å². The van der Waals surface area contributed by atoms with Gasteiger partial charge in [0.25, 0.3) is 5.56 Å². The highest BCUT2D eigenvalue weighted by Crippen LogP contribution is 2.51. The zero-order valence-corrected chi connectivity index (χ0v) is 10.5. The van der Waals surface area contributed by atoms with Crippen LogP contribution in [0.25, 0.3) is 0 Å². The molecule has 0 spiro atoms. The van der Waals surface area contributed by atoms with Gasteiger partial charge in [0.05, 0.1) is 0 Å². The molecule has 1 amide bonds. The van der Waals surface area contributed by atoms with Gasteiger partial charge in [-0.2, -0.15) is 0 Å². The molecule has 1 aromatic heterocycles. The maximum Gasteiger partial charge on any atom is 0.274 e. The average molecular weight is 234 g/mol. The van der Waals surface area contributed by atoms with Gasteiger partial charge in [0.2, 0.25) is 5.91 Å². The van der Waals surface area contributed by atoms with E-state index in [-0.39, 0.29) is 22.8 Å². The van der Waals surface area contributed by atoms with Gasteiger partial charge in [0, 0.05) is 18.7 Å². The highest BCUT2D eigenvalue weighted by Gasteiger charge is 2.50. The van der Waals surface area contributed by atoms with Gasteiger partial charge in [0.15, 0.2) is 0 Å². The Morgan fingerprint density at radius 2 is 2.24 bits per heavy atom. The van der Waals surface area contributed by atoms with E-state index in [1.165, 1.54) is 0 Å². The normalized spacial score (nSPS) is 21.0. The van der Waals surface area contributed by atoms with E-state index in [1.807, 2.05) is 6.92 Å². The average Bonchev–Trinajstić information content (AvgIpc) is 2.91. The maximum atomic E-state index is 11.9. The van der Waals surface area contributed by atoms with Crippen LogP contribution in [-0.2, 0) is 11.3 Å². The van der Waals surface area contributed by atoms with Gasteiger partial charge in [-0.05, 0) is 30.9 Å². The Bertz CT molecular complexity index is 502. The Kier molecular flexibility index (Phi) is 2.81. The molecule has 0 bridgehead atoms. The quantitative estimate of drug-likeness (QED) is 0.867. The molecule has 1 saturated carbocycles. The van der Waals surface area contributed by atoms with Crippen LogP contribution >= 0.6 is 0 Å². The van der Waals surface area contributed by atoms with Gasteiger partial charge in [-0.25, -0.2) is 0 Å². The number of pyridine rings is 1. The second kappa shape index (κ2) is 4.02. The van der Waals surface area contributed by atoms with Crippen LogP contribution in [0.2, 0.25) is 0 Å². The van der Waals surface area contributed by atoms with Gasteiger partial charge >= 0.3 is 0 Å². The third kappa shape index (κ3) is 2.25. The molecular formula is C13H18N2O2. The first kappa shape index (κ1) is 11.9. The Morgan fingerprint density at radius 3 is 2.76 bits per heavy atom. The molecule has 0 aromatic carbocycles. The third-order valence-electron chi connectivity index (χ3n) is 3.45. The van der Waals surface area contributed by atoms with Crippen molar-refractivity contribution < 1.29 is 4.79 Å². The summed E-state index contributed by atoms with van der Waals surface area (Å²) in [6, 6.07) is 3.43. The fourth-order valence-electron chi connectivity index (χ4n) is 2.02. The predicted molar refractivity (Wildman–Crippen MR) is 66.9 cm³/mol. The lowest BCUT2D eigenvalue weighted by molar-refractivity contribution is -0.118. The molecular weight excluding hydrogens is 216 g/mol. The van der Waals surface area contributed by atoms with Crippen LogP contribution in [0.1, 0.15) is 27.2 Å². The molecule has 17 heavy (non-hydrogen) atoms. The van der Waals surface area contributed by atoms with Crippen molar-refractivity contribution >= 4 is 11.6 Å². The predicted octanol–water partition coefficient (Wildman–Crippen LogP) is 1.85. The third-order valence-corrected chi connectivity index (χ3v) is 3.45. The number of aryl methyl sites for hydroxylation is 1. The molecule has 0 aliphatic heterocycles. The number of aromatic nitrogens is 1. The number of hydrogen-bond donors (Lipinski definition) is 1. The first-order chi connectivity index (χ1) is 7.95. The molecule has 92 valence electrons. The molecule has 1 unspecified atom stereocenters. The summed E-state index contributed by atoms with van der Waals surface area (Å²) >= 11 is 0. The summed E-state index contributed by atoms with van der Waals surface area (Å²) in [5.41, 5.74) is 0.326. The largest absolute Gasteiger partial charge is 0.321 e. The number of anilines is 1. The van der Waals surface area contributed by atoms with Crippen molar-refractivity contribution in [2.75, 3.05) is 5.32 Å². The number of carbonyl (C=O) groups is 1. The smallest absolute Gasteiger partial charge is 0.274 e. The minimum absolute atomic E-state index is 0.0391. The van der Waals surface area contributed by atoms with Crippen molar-refractivity contribution in [3.05, 3.63) is 28.7 Å². The van der Waals surface area contributed by atoms with E-state index in [9.17, 15) is 9.59 Å². The minimum Gasteiger partial charge on any atom is -0.321 e. The van der Waals surface area contributed by atoms with Crippen molar-refractivity contribution in [1.82, 2.24) is 4.57 Å². The Morgan fingerprint density at radius 1 is 1.59 bits per heavy atom. The van der Waals surface area contributed by atoms with Gasteiger partial charge in [-0.3, -0.25) is 9.59 Å². The summed E-state index contributed by atoms with van der Waals surface area (Å²) in [5.74, 6) is -0.00173. The van der Waals surface area contributed by atoms with E-state index in [0.717, 1.165) is 6.42 Å². The number of hydrogen-bond acceptors (Lipinski definition) is 2. The zero-order valence-electron chi connectivity index (χ0n) is 10.5. The lowest BCUT2D eigenvalue weighted by Gasteiger charge is -2.08. The van der Waals surface area contributed by atoms with Gasteiger partial charge in [0.1, 0.15) is 5.69 Å². The van der Waals surface area contributed by atoms with Crippen LogP contribution in [0, 0.1) is 11.3 Å². The molecule has 4 heteroatoms. The van der Waals surface area contributed by atoms with Crippen LogP contribution in [0.4, 0.5) is 5.69 Å². The zero-order chi connectivity index (χ0) is 12.6. The number of nitrogens with zero attached hydrogens (tertiary/aromatic N) is 1. The summed E-state index contributed by atoms with van der Waals surface area (Å²) in [7, 11) is 0. The van der Waals surface area contributed by atoms with Crippen molar-refractivity contribution in [1.29, 1.82) is 0 Å². The molecule has 1 N–H and O–H groups in total. The fraction of sp³-hybridized carbons (Fsp3) is 0.538. The van der Waals surface area contributed by atoms with Crippen LogP contribution in [0.15, 0.2) is 23.1 Å². The summed E-state index contributed by atoms with van der Waals surface area (Å²) < 4.78 is 1.58. The van der Waals surface area contributed by atoms with Gasteiger partial charge in [-0.1, -0.05) is 13.8 Å². The standard InChI is InChI=1S/C13H18N2O2/c1-4-15-7-5-6-10(12(15)17)14-11(16)9-8-13(9,2)3/h5-7,9H,4,8H2,1-3H3,(H,14,16). The van der Waals surface area contributed by atoms with Crippen molar-refractivity contribution in [3.63, 3.8) is 0 Å². The SMILES string of the molecule is CCn1cccc(NC(=O)C2CC2(C)C)c1=O. The summed E-state index contributed by atoms with van der Waals surface area (Å²) in [6.07, 6.45) is 2.62. The Labute approximate surface area is 101 Å². The molecule has 1 atom stereocenters. The second-order valence-corrected chi connectivity index (χ2v) is 5.25. The summed E-state index contributed by atoms with van der Waals surface area (Å²) in [6.45, 7) is 6.63. The van der Waals surface area contributed by atoms with E-state index in [4.69, 9.17) is 0 Å².